The second-order valence-corrected chi connectivity index (χ2v) is 7.67. The first-order valence-corrected chi connectivity index (χ1v) is 7.83. The Hall–Kier alpha value is -0.910. The number of aliphatic hydroxyl groups excluding tert-OH is 1. The Bertz CT molecular complexity index is 530. The number of aliphatic hydroxyl groups is 1. The maximum absolute atomic E-state index is 12.3. The Morgan fingerprint density at radius 2 is 1.79 bits per heavy atom. The molecule has 0 saturated heterocycles. The van der Waals surface area contributed by atoms with E-state index in [0.29, 0.717) is 5.56 Å². The van der Waals surface area contributed by atoms with Crippen molar-refractivity contribution in [1.82, 2.24) is 4.72 Å². The molecule has 0 amide bonds. The first-order valence-electron chi connectivity index (χ1n) is 6.34. The van der Waals surface area contributed by atoms with E-state index in [1.54, 1.807) is 19.1 Å². The lowest BCUT2D eigenvalue weighted by Gasteiger charge is -2.27. The van der Waals surface area contributed by atoms with Gasteiger partial charge in [0.2, 0.25) is 10.0 Å². The average molecular weight is 285 g/mol. The van der Waals surface area contributed by atoms with Crippen LogP contribution in [0.25, 0.3) is 0 Å². The maximum Gasteiger partial charge on any atom is 0.240 e. The van der Waals surface area contributed by atoms with E-state index in [1.807, 2.05) is 27.7 Å². The number of hydrogen-bond acceptors (Lipinski definition) is 3. The molecule has 4 nitrogen and oxygen atoms in total. The van der Waals surface area contributed by atoms with Crippen LogP contribution < -0.4 is 4.72 Å². The highest BCUT2D eigenvalue weighted by molar-refractivity contribution is 7.89. The summed E-state index contributed by atoms with van der Waals surface area (Å²) in [6.07, 6.45) is -0.685. The second kappa shape index (κ2) is 5.61. The van der Waals surface area contributed by atoms with Crippen LogP contribution in [-0.2, 0) is 10.0 Å². The number of hydrogen-bond donors (Lipinski definition) is 2. The molecule has 0 radical (unpaired) electrons. The first kappa shape index (κ1) is 16.1. The van der Waals surface area contributed by atoms with Crippen molar-refractivity contribution in [2.75, 3.05) is 0 Å². The van der Waals surface area contributed by atoms with Crippen molar-refractivity contribution >= 4 is 10.0 Å². The van der Waals surface area contributed by atoms with Crippen molar-refractivity contribution in [3.05, 3.63) is 29.8 Å². The van der Waals surface area contributed by atoms with Crippen molar-refractivity contribution in [2.24, 2.45) is 5.41 Å². The van der Waals surface area contributed by atoms with Gasteiger partial charge in [-0.2, -0.15) is 0 Å². The van der Waals surface area contributed by atoms with Gasteiger partial charge in [-0.1, -0.05) is 32.9 Å². The van der Waals surface area contributed by atoms with E-state index in [2.05, 4.69) is 4.72 Å². The van der Waals surface area contributed by atoms with Crippen LogP contribution in [0.3, 0.4) is 0 Å². The molecule has 0 saturated carbocycles. The Labute approximate surface area is 115 Å². The normalized spacial score (nSPS) is 16.1. The van der Waals surface area contributed by atoms with Crippen LogP contribution in [0.15, 0.2) is 29.2 Å². The number of sulfonamides is 1. The fraction of sp³-hybridized carbons (Fsp3) is 0.571. The van der Waals surface area contributed by atoms with E-state index in [0.717, 1.165) is 0 Å². The van der Waals surface area contributed by atoms with Gasteiger partial charge in [-0.15, -0.1) is 0 Å². The highest BCUT2D eigenvalue weighted by atomic mass is 32.2. The predicted molar refractivity (Wildman–Crippen MR) is 76.3 cm³/mol. The zero-order valence-corrected chi connectivity index (χ0v) is 13.0. The molecule has 0 aliphatic rings. The summed E-state index contributed by atoms with van der Waals surface area (Å²) in [6, 6.07) is 6.19. The third kappa shape index (κ3) is 4.30. The smallest absolute Gasteiger partial charge is 0.240 e. The standard InChI is InChI=1S/C14H23NO3S/c1-10(16)12-7-6-8-13(9-12)19(17,18)15-11(2)14(3,4)5/h6-11,15-16H,1-5H3. The lowest BCUT2D eigenvalue weighted by molar-refractivity contribution is 0.199. The monoisotopic (exact) mass is 285 g/mol. The van der Waals surface area contributed by atoms with E-state index >= 15 is 0 Å². The van der Waals surface area contributed by atoms with Crippen molar-refractivity contribution < 1.29 is 13.5 Å². The Balaban J connectivity index is 3.04. The van der Waals surface area contributed by atoms with Gasteiger partial charge in [0.25, 0.3) is 0 Å². The number of rotatable bonds is 4. The molecule has 0 heterocycles. The Morgan fingerprint density at radius 3 is 2.26 bits per heavy atom. The molecule has 0 bridgehead atoms. The molecular formula is C14H23NO3S. The summed E-state index contributed by atoms with van der Waals surface area (Å²) >= 11 is 0. The van der Waals surface area contributed by atoms with Crippen molar-refractivity contribution in [3.8, 4) is 0 Å². The lowest BCUT2D eigenvalue weighted by atomic mass is 9.89. The molecular weight excluding hydrogens is 262 g/mol. The number of benzene rings is 1. The van der Waals surface area contributed by atoms with Crippen molar-refractivity contribution in [2.45, 2.75) is 51.7 Å². The zero-order chi connectivity index (χ0) is 14.8. The Morgan fingerprint density at radius 1 is 1.21 bits per heavy atom. The maximum atomic E-state index is 12.3. The van der Waals surface area contributed by atoms with Gasteiger partial charge in [0.1, 0.15) is 0 Å². The zero-order valence-electron chi connectivity index (χ0n) is 12.1. The van der Waals surface area contributed by atoms with Crippen LogP contribution in [-0.4, -0.2) is 19.6 Å². The largest absolute Gasteiger partial charge is 0.389 e. The lowest BCUT2D eigenvalue weighted by Crippen LogP contribution is -2.41. The minimum absolute atomic E-state index is 0.158. The fourth-order valence-corrected chi connectivity index (χ4v) is 2.92. The van der Waals surface area contributed by atoms with E-state index in [1.165, 1.54) is 12.1 Å². The highest BCUT2D eigenvalue weighted by Crippen LogP contribution is 2.22. The van der Waals surface area contributed by atoms with Gasteiger partial charge in [-0.3, -0.25) is 0 Å². The van der Waals surface area contributed by atoms with Crippen LogP contribution in [0.1, 0.15) is 46.3 Å². The molecule has 5 heteroatoms. The minimum Gasteiger partial charge on any atom is -0.389 e. The second-order valence-electron chi connectivity index (χ2n) is 5.96. The summed E-state index contributed by atoms with van der Waals surface area (Å²) in [6.45, 7) is 9.39. The molecule has 0 fully saturated rings. The SMILES string of the molecule is CC(O)c1cccc(S(=O)(=O)NC(C)C(C)(C)C)c1. The summed E-state index contributed by atoms with van der Waals surface area (Å²) < 4.78 is 27.2. The van der Waals surface area contributed by atoms with Gasteiger partial charge in [0.05, 0.1) is 11.0 Å². The number of nitrogens with one attached hydrogen (secondary N) is 1. The molecule has 2 N–H and O–H groups in total. The van der Waals surface area contributed by atoms with Gasteiger partial charge in [-0.05, 0) is 37.0 Å². The molecule has 2 unspecified atom stereocenters. The molecule has 0 aliphatic carbocycles. The molecule has 1 aromatic carbocycles. The summed E-state index contributed by atoms with van der Waals surface area (Å²) in [4.78, 5) is 0.182. The van der Waals surface area contributed by atoms with Gasteiger partial charge >= 0.3 is 0 Å². The molecule has 1 rings (SSSR count). The van der Waals surface area contributed by atoms with Crippen LogP contribution >= 0.6 is 0 Å². The third-order valence-electron chi connectivity index (χ3n) is 3.28. The average Bonchev–Trinajstić information content (AvgIpc) is 2.27. The van der Waals surface area contributed by atoms with Crippen LogP contribution in [0, 0.1) is 5.41 Å². The van der Waals surface area contributed by atoms with Gasteiger partial charge in [0.15, 0.2) is 0 Å². The predicted octanol–water partition coefficient (Wildman–Crippen LogP) is 2.45. The van der Waals surface area contributed by atoms with E-state index in [-0.39, 0.29) is 16.4 Å². The molecule has 0 aromatic heterocycles. The summed E-state index contributed by atoms with van der Waals surface area (Å²) in [5, 5.41) is 9.51. The van der Waals surface area contributed by atoms with E-state index < -0.39 is 16.1 Å². The van der Waals surface area contributed by atoms with Crippen LogP contribution in [0.4, 0.5) is 0 Å². The van der Waals surface area contributed by atoms with Crippen molar-refractivity contribution in [3.63, 3.8) is 0 Å². The van der Waals surface area contributed by atoms with Crippen LogP contribution in [0.2, 0.25) is 0 Å². The third-order valence-corrected chi connectivity index (χ3v) is 4.82. The van der Waals surface area contributed by atoms with Crippen LogP contribution in [0.5, 0.6) is 0 Å². The van der Waals surface area contributed by atoms with Gasteiger partial charge in [0, 0.05) is 6.04 Å². The molecule has 0 spiro atoms. The quantitative estimate of drug-likeness (QED) is 0.893. The summed E-state index contributed by atoms with van der Waals surface area (Å²) in [5.74, 6) is 0. The van der Waals surface area contributed by atoms with Gasteiger partial charge in [-0.25, -0.2) is 13.1 Å². The molecule has 19 heavy (non-hydrogen) atoms. The summed E-state index contributed by atoms with van der Waals surface area (Å²) in [5.41, 5.74) is 0.431. The Kier molecular flexibility index (Phi) is 4.76. The highest BCUT2D eigenvalue weighted by Gasteiger charge is 2.26. The van der Waals surface area contributed by atoms with E-state index in [4.69, 9.17) is 0 Å². The molecule has 1 aromatic rings. The minimum atomic E-state index is -3.56. The topological polar surface area (TPSA) is 66.4 Å². The summed E-state index contributed by atoms with van der Waals surface area (Å²) in [7, 11) is -3.56. The molecule has 108 valence electrons. The van der Waals surface area contributed by atoms with Crippen molar-refractivity contribution in [1.29, 1.82) is 0 Å². The molecule has 0 aliphatic heterocycles. The van der Waals surface area contributed by atoms with E-state index in [9.17, 15) is 13.5 Å². The first-order chi connectivity index (χ1) is 8.54. The van der Waals surface area contributed by atoms with Gasteiger partial charge < -0.3 is 5.11 Å². The molecule has 2 atom stereocenters. The fourth-order valence-electron chi connectivity index (χ4n) is 1.42.